The summed E-state index contributed by atoms with van der Waals surface area (Å²) in [7, 11) is 1.88. The van der Waals surface area contributed by atoms with Gasteiger partial charge in [0.05, 0.1) is 0 Å². The van der Waals surface area contributed by atoms with Gasteiger partial charge in [0.2, 0.25) is 0 Å². The number of nitrogen functional groups attached to an aromatic ring is 1. The lowest BCUT2D eigenvalue weighted by molar-refractivity contribution is 0.0725. The second-order valence-electron chi connectivity index (χ2n) is 5.12. The van der Waals surface area contributed by atoms with E-state index in [-0.39, 0.29) is 5.91 Å². The van der Waals surface area contributed by atoms with E-state index in [4.69, 9.17) is 5.73 Å². The maximum absolute atomic E-state index is 12.6. The topological polar surface area (TPSA) is 51.3 Å². The van der Waals surface area contributed by atoms with Crippen LogP contribution in [-0.2, 0) is 20.0 Å². The van der Waals surface area contributed by atoms with E-state index in [1.54, 1.807) is 0 Å². The SMILES string of the molecule is Cn1cc(Br)cc1C(=O)N1CCc2cccc(N)c2C1. The highest BCUT2D eigenvalue weighted by Gasteiger charge is 2.24. The fraction of sp³-hybridized carbons (Fsp3) is 0.267. The number of benzene rings is 1. The number of halogens is 1. The monoisotopic (exact) mass is 333 g/mol. The number of hydrogen-bond donors (Lipinski definition) is 1. The van der Waals surface area contributed by atoms with Crippen LogP contribution in [0.15, 0.2) is 34.9 Å². The minimum absolute atomic E-state index is 0.0482. The Hall–Kier alpha value is -1.75. The Morgan fingerprint density at radius 2 is 2.20 bits per heavy atom. The number of rotatable bonds is 1. The Kier molecular flexibility index (Phi) is 3.30. The molecular weight excluding hydrogens is 318 g/mol. The number of nitrogens with two attached hydrogens (primary N) is 1. The predicted octanol–water partition coefficient (Wildman–Crippen LogP) is 2.57. The van der Waals surface area contributed by atoms with Crippen LogP contribution in [-0.4, -0.2) is 21.9 Å². The van der Waals surface area contributed by atoms with Crippen LogP contribution in [0.25, 0.3) is 0 Å². The Bertz CT molecular complexity index is 678. The molecule has 4 nitrogen and oxygen atoms in total. The maximum Gasteiger partial charge on any atom is 0.270 e. The van der Waals surface area contributed by atoms with Gasteiger partial charge >= 0.3 is 0 Å². The number of carbonyl (C=O) groups excluding carboxylic acids is 1. The van der Waals surface area contributed by atoms with Crippen LogP contribution in [0.5, 0.6) is 0 Å². The summed E-state index contributed by atoms with van der Waals surface area (Å²) in [6.07, 6.45) is 2.75. The minimum atomic E-state index is 0.0482. The molecule has 104 valence electrons. The van der Waals surface area contributed by atoms with Gasteiger partial charge in [-0.2, -0.15) is 0 Å². The zero-order chi connectivity index (χ0) is 14.3. The lowest BCUT2D eigenvalue weighted by Crippen LogP contribution is -2.37. The van der Waals surface area contributed by atoms with Gasteiger partial charge in [-0.15, -0.1) is 0 Å². The van der Waals surface area contributed by atoms with Crippen LogP contribution in [0, 0.1) is 0 Å². The number of carbonyl (C=O) groups is 1. The number of anilines is 1. The van der Waals surface area contributed by atoms with E-state index >= 15 is 0 Å². The van der Waals surface area contributed by atoms with Gasteiger partial charge in [-0.1, -0.05) is 12.1 Å². The second-order valence-corrected chi connectivity index (χ2v) is 6.03. The van der Waals surface area contributed by atoms with Crippen molar-refractivity contribution in [2.45, 2.75) is 13.0 Å². The van der Waals surface area contributed by atoms with E-state index < -0.39 is 0 Å². The van der Waals surface area contributed by atoms with E-state index in [1.807, 2.05) is 40.9 Å². The molecule has 0 saturated heterocycles. The molecule has 2 N–H and O–H groups in total. The van der Waals surface area contributed by atoms with E-state index in [1.165, 1.54) is 5.56 Å². The quantitative estimate of drug-likeness (QED) is 0.815. The summed E-state index contributed by atoms with van der Waals surface area (Å²) in [6, 6.07) is 7.81. The molecule has 3 rings (SSSR count). The van der Waals surface area contributed by atoms with Gasteiger partial charge in [0, 0.05) is 36.5 Å². The number of aryl methyl sites for hydroxylation is 1. The van der Waals surface area contributed by atoms with Crippen LogP contribution < -0.4 is 5.73 Å². The van der Waals surface area contributed by atoms with Crippen molar-refractivity contribution < 1.29 is 4.79 Å². The third kappa shape index (κ3) is 2.22. The smallest absolute Gasteiger partial charge is 0.270 e. The largest absolute Gasteiger partial charge is 0.398 e. The van der Waals surface area contributed by atoms with Gasteiger partial charge in [0.15, 0.2) is 0 Å². The van der Waals surface area contributed by atoms with Crippen molar-refractivity contribution >= 4 is 27.5 Å². The summed E-state index contributed by atoms with van der Waals surface area (Å²) < 4.78 is 2.76. The number of hydrogen-bond acceptors (Lipinski definition) is 2. The first-order valence-corrected chi connectivity index (χ1v) is 7.33. The third-order valence-electron chi connectivity index (χ3n) is 3.79. The van der Waals surface area contributed by atoms with Crippen molar-refractivity contribution in [3.8, 4) is 0 Å². The summed E-state index contributed by atoms with van der Waals surface area (Å²) in [6.45, 7) is 1.32. The van der Waals surface area contributed by atoms with Crippen LogP contribution in [0.4, 0.5) is 5.69 Å². The zero-order valence-corrected chi connectivity index (χ0v) is 12.9. The van der Waals surface area contributed by atoms with Crippen molar-refractivity contribution in [1.29, 1.82) is 0 Å². The van der Waals surface area contributed by atoms with Gasteiger partial charge in [-0.05, 0) is 45.6 Å². The molecule has 0 unspecified atom stereocenters. The van der Waals surface area contributed by atoms with Gasteiger partial charge < -0.3 is 15.2 Å². The summed E-state index contributed by atoms with van der Waals surface area (Å²) in [5, 5.41) is 0. The average Bonchev–Trinajstić information content (AvgIpc) is 2.77. The van der Waals surface area contributed by atoms with E-state index in [0.717, 1.165) is 28.7 Å². The first-order chi connectivity index (χ1) is 9.56. The predicted molar refractivity (Wildman–Crippen MR) is 82.4 cm³/mol. The molecular formula is C15H16BrN3O. The Morgan fingerprint density at radius 3 is 2.90 bits per heavy atom. The van der Waals surface area contributed by atoms with Gasteiger partial charge in [-0.3, -0.25) is 4.79 Å². The van der Waals surface area contributed by atoms with E-state index in [0.29, 0.717) is 12.2 Å². The molecule has 1 aromatic carbocycles. The summed E-state index contributed by atoms with van der Waals surface area (Å²) in [5.74, 6) is 0.0482. The molecule has 5 heteroatoms. The molecule has 2 heterocycles. The molecule has 0 fully saturated rings. The van der Waals surface area contributed by atoms with Gasteiger partial charge in [-0.25, -0.2) is 0 Å². The fourth-order valence-electron chi connectivity index (χ4n) is 2.68. The first kappa shape index (κ1) is 13.2. The van der Waals surface area contributed by atoms with Crippen LogP contribution >= 0.6 is 15.9 Å². The highest BCUT2D eigenvalue weighted by Crippen LogP contribution is 2.26. The summed E-state index contributed by atoms with van der Waals surface area (Å²) in [5.41, 5.74) is 9.82. The first-order valence-electron chi connectivity index (χ1n) is 6.53. The molecule has 20 heavy (non-hydrogen) atoms. The van der Waals surface area contributed by atoms with E-state index in [2.05, 4.69) is 22.0 Å². The van der Waals surface area contributed by atoms with Crippen LogP contribution in [0.3, 0.4) is 0 Å². The Labute approximate surface area is 126 Å². The average molecular weight is 334 g/mol. The number of amides is 1. The number of aromatic nitrogens is 1. The van der Waals surface area contributed by atoms with Crippen LogP contribution in [0.2, 0.25) is 0 Å². The Morgan fingerprint density at radius 1 is 1.40 bits per heavy atom. The molecule has 0 bridgehead atoms. The van der Waals surface area contributed by atoms with Crippen molar-refractivity contribution in [2.24, 2.45) is 7.05 Å². The van der Waals surface area contributed by atoms with Gasteiger partial charge in [0.1, 0.15) is 5.69 Å². The Balaban J connectivity index is 1.89. The fourth-order valence-corrected chi connectivity index (χ4v) is 3.20. The number of nitrogens with zero attached hydrogens (tertiary/aromatic N) is 2. The van der Waals surface area contributed by atoms with Crippen molar-refractivity contribution in [3.05, 3.63) is 51.8 Å². The van der Waals surface area contributed by atoms with Crippen LogP contribution in [0.1, 0.15) is 21.6 Å². The molecule has 0 atom stereocenters. The maximum atomic E-state index is 12.6. The van der Waals surface area contributed by atoms with Crippen molar-refractivity contribution in [3.63, 3.8) is 0 Å². The van der Waals surface area contributed by atoms with Crippen molar-refractivity contribution in [1.82, 2.24) is 9.47 Å². The molecule has 0 saturated carbocycles. The molecule has 1 aromatic heterocycles. The zero-order valence-electron chi connectivity index (χ0n) is 11.3. The normalized spacial score (nSPS) is 14.2. The lowest BCUT2D eigenvalue weighted by atomic mass is 9.98. The minimum Gasteiger partial charge on any atom is -0.398 e. The number of fused-ring (bicyclic) bond motifs is 1. The highest BCUT2D eigenvalue weighted by molar-refractivity contribution is 9.10. The summed E-state index contributed by atoms with van der Waals surface area (Å²) >= 11 is 3.40. The molecule has 0 radical (unpaired) electrons. The summed E-state index contributed by atoms with van der Waals surface area (Å²) in [4.78, 5) is 14.5. The third-order valence-corrected chi connectivity index (χ3v) is 4.22. The van der Waals surface area contributed by atoms with E-state index in [9.17, 15) is 4.79 Å². The molecule has 1 aliphatic heterocycles. The molecule has 1 amide bonds. The highest BCUT2D eigenvalue weighted by atomic mass is 79.9. The molecule has 1 aliphatic rings. The van der Waals surface area contributed by atoms with Gasteiger partial charge in [0.25, 0.3) is 5.91 Å². The lowest BCUT2D eigenvalue weighted by Gasteiger charge is -2.29. The molecule has 2 aromatic rings. The standard InChI is InChI=1S/C15H16BrN3O/c1-18-8-11(16)7-14(18)15(20)19-6-5-10-3-2-4-13(17)12(10)9-19/h2-4,7-8H,5-6,9,17H2,1H3. The van der Waals surface area contributed by atoms with Crippen molar-refractivity contribution in [2.75, 3.05) is 12.3 Å². The molecule has 0 aliphatic carbocycles. The second kappa shape index (κ2) is 4.98. The molecule has 0 spiro atoms.